The standard InChI is InChI=1S/C19H16O2S/c20-19(21)16-10-8-14(9-11-16)12-22-13-17-6-3-5-15-4-1-2-7-18(15)17/h1-11H,12-13H2,(H,20,21). The first-order valence-corrected chi connectivity index (χ1v) is 8.26. The molecule has 1 N–H and O–H groups in total. The molecule has 0 aliphatic carbocycles. The maximum Gasteiger partial charge on any atom is 0.335 e. The molecule has 3 aromatic carbocycles. The van der Waals surface area contributed by atoms with Crippen LogP contribution in [0.2, 0.25) is 0 Å². The SMILES string of the molecule is O=C(O)c1ccc(CSCc2cccc3ccccc23)cc1. The van der Waals surface area contributed by atoms with Crippen molar-refractivity contribution in [2.24, 2.45) is 0 Å². The van der Waals surface area contributed by atoms with Crippen molar-refractivity contribution >= 4 is 28.5 Å². The van der Waals surface area contributed by atoms with Crippen LogP contribution in [0.4, 0.5) is 0 Å². The van der Waals surface area contributed by atoms with Gasteiger partial charge in [-0.2, -0.15) is 11.8 Å². The number of benzene rings is 3. The van der Waals surface area contributed by atoms with Crippen molar-refractivity contribution in [2.75, 3.05) is 0 Å². The average molecular weight is 308 g/mol. The normalized spacial score (nSPS) is 10.7. The molecule has 110 valence electrons. The topological polar surface area (TPSA) is 37.3 Å². The predicted molar refractivity (Wildman–Crippen MR) is 92.3 cm³/mol. The lowest BCUT2D eigenvalue weighted by Gasteiger charge is -2.07. The van der Waals surface area contributed by atoms with Crippen LogP contribution in [0.5, 0.6) is 0 Å². The van der Waals surface area contributed by atoms with Gasteiger partial charge in [0.05, 0.1) is 5.56 Å². The lowest BCUT2D eigenvalue weighted by Crippen LogP contribution is -1.95. The van der Waals surface area contributed by atoms with Crippen molar-refractivity contribution in [2.45, 2.75) is 11.5 Å². The fourth-order valence-electron chi connectivity index (χ4n) is 2.44. The van der Waals surface area contributed by atoms with Gasteiger partial charge in [-0.1, -0.05) is 54.6 Å². The summed E-state index contributed by atoms with van der Waals surface area (Å²) in [4.78, 5) is 10.8. The van der Waals surface area contributed by atoms with Gasteiger partial charge in [0.1, 0.15) is 0 Å². The molecule has 22 heavy (non-hydrogen) atoms. The highest BCUT2D eigenvalue weighted by Crippen LogP contribution is 2.24. The van der Waals surface area contributed by atoms with Crippen LogP contribution in [0, 0.1) is 0 Å². The van der Waals surface area contributed by atoms with E-state index in [-0.39, 0.29) is 0 Å². The quantitative estimate of drug-likeness (QED) is 0.723. The number of hydrogen-bond donors (Lipinski definition) is 1. The summed E-state index contributed by atoms with van der Waals surface area (Å²) in [6.45, 7) is 0. The summed E-state index contributed by atoms with van der Waals surface area (Å²) in [5.74, 6) is 0.945. The number of carboxylic acids is 1. The third-order valence-electron chi connectivity index (χ3n) is 3.61. The molecule has 0 unspecified atom stereocenters. The number of hydrogen-bond acceptors (Lipinski definition) is 2. The molecule has 0 spiro atoms. The first-order chi connectivity index (χ1) is 10.7. The van der Waals surface area contributed by atoms with Gasteiger partial charge in [-0.05, 0) is 34.0 Å². The van der Waals surface area contributed by atoms with Crippen LogP contribution in [-0.4, -0.2) is 11.1 Å². The molecule has 0 atom stereocenters. The number of fused-ring (bicyclic) bond motifs is 1. The Hall–Kier alpha value is -2.26. The molecule has 0 amide bonds. The smallest absolute Gasteiger partial charge is 0.335 e. The van der Waals surface area contributed by atoms with Crippen LogP contribution in [-0.2, 0) is 11.5 Å². The predicted octanol–water partition coefficient (Wildman–Crippen LogP) is 4.97. The average Bonchev–Trinajstić information content (AvgIpc) is 2.55. The zero-order valence-electron chi connectivity index (χ0n) is 12.0. The second kappa shape index (κ2) is 6.67. The zero-order valence-corrected chi connectivity index (χ0v) is 12.8. The van der Waals surface area contributed by atoms with Crippen LogP contribution in [0.15, 0.2) is 66.7 Å². The van der Waals surface area contributed by atoms with E-state index in [4.69, 9.17) is 5.11 Å². The highest BCUT2D eigenvalue weighted by molar-refractivity contribution is 7.97. The molecule has 0 saturated heterocycles. The van der Waals surface area contributed by atoms with E-state index in [0.717, 1.165) is 17.1 Å². The van der Waals surface area contributed by atoms with Crippen molar-refractivity contribution in [1.29, 1.82) is 0 Å². The maximum absolute atomic E-state index is 10.8. The highest BCUT2D eigenvalue weighted by atomic mass is 32.2. The van der Waals surface area contributed by atoms with Crippen molar-refractivity contribution in [3.63, 3.8) is 0 Å². The first-order valence-electron chi connectivity index (χ1n) is 7.10. The van der Waals surface area contributed by atoms with Gasteiger partial charge >= 0.3 is 5.97 Å². The van der Waals surface area contributed by atoms with Crippen LogP contribution >= 0.6 is 11.8 Å². The minimum atomic E-state index is -0.880. The number of rotatable bonds is 5. The number of thioether (sulfide) groups is 1. The van der Waals surface area contributed by atoms with Gasteiger partial charge in [-0.15, -0.1) is 0 Å². The first kappa shape index (κ1) is 14.7. The zero-order chi connectivity index (χ0) is 15.4. The molecule has 3 heteroatoms. The molecule has 3 aromatic rings. The summed E-state index contributed by atoms with van der Waals surface area (Å²) in [5, 5.41) is 11.5. The van der Waals surface area contributed by atoms with Gasteiger partial charge < -0.3 is 5.11 Å². The Bertz CT molecular complexity index is 789. The summed E-state index contributed by atoms with van der Waals surface area (Å²) >= 11 is 1.84. The fraction of sp³-hybridized carbons (Fsp3) is 0.105. The molecule has 0 bridgehead atoms. The Morgan fingerprint density at radius 1 is 0.864 bits per heavy atom. The van der Waals surface area contributed by atoms with Crippen molar-refractivity contribution in [3.05, 3.63) is 83.4 Å². The molecule has 0 saturated carbocycles. The molecule has 0 radical (unpaired) electrons. The van der Waals surface area contributed by atoms with Gasteiger partial charge in [0.25, 0.3) is 0 Å². The van der Waals surface area contributed by atoms with E-state index in [9.17, 15) is 4.79 Å². The Kier molecular flexibility index (Phi) is 4.45. The molecular weight excluding hydrogens is 292 g/mol. The molecule has 2 nitrogen and oxygen atoms in total. The summed E-state index contributed by atoms with van der Waals surface area (Å²) in [6, 6.07) is 21.9. The Labute approximate surface area is 133 Å². The monoisotopic (exact) mass is 308 g/mol. The Balaban J connectivity index is 1.66. The van der Waals surface area contributed by atoms with Crippen molar-refractivity contribution < 1.29 is 9.90 Å². The van der Waals surface area contributed by atoms with E-state index in [1.165, 1.54) is 16.3 Å². The Morgan fingerprint density at radius 2 is 1.59 bits per heavy atom. The van der Waals surface area contributed by atoms with E-state index in [1.807, 2.05) is 23.9 Å². The van der Waals surface area contributed by atoms with Crippen molar-refractivity contribution in [1.82, 2.24) is 0 Å². The Morgan fingerprint density at radius 3 is 2.36 bits per heavy atom. The minimum Gasteiger partial charge on any atom is -0.478 e. The summed E-state index contributed by atoms with van der Waals surface area (Å²) in [6.07, 6.45) is 0. The largest absolute Gasteiger partial charge is 0.478 e. The molecule has 0 aliphatic heterocycles. The van der Waals surface area contributed by atoms with E-state index < -0.39 is 5.97 Å². The van der Waals surface area contributed by atoms with Gasteiger partial charge in [-0.25, -0.2) is 4.79 Å². The summed E-state index contributed by atoms with van der Waals surface area (Å²) in [7, 11) is 0. The highest BCUT2D eigenvalue weighted by Gasteiger charge is 2.03. The number of aromatic carboxylic acids is 1. The van der Waals surface area contributed by atoms with E-state index in [1.54, 1.807) is 12.1 Å². The lowest BCUT2D eigenvalue weighted by atomic mass is 10.1. The molecule has 3 rings (SSSR count). The van der Waals surface area contributed by atoms with Gasteiger partial charge in [0.15, 0.2) is 0 Å². The van der Waals surface area contributed by atoms with E-state index in [2.05, 4.69) is 42.5 Å². The van der Waals surface area contributed by atoms with Crippen LogP contribution in [0.1, 0.15) is 21.5 Å². The minimum absolute atomic E-state index is 0.336. The van der Waals surface area contributed by atoms with Crippen LogP contribution in [0.25, 0.3) is 10.8 Å². The number of carboxylic acid groups (broad SMARTS) is 1. The lowest BCUT2D eigenvalue weighted by molar-refractivity contribution is 0.0697. The van der Waals surface area contributed by atoms with Gasteiger partial charge in [0, 0.05) is 11.5 Å². The molecule has 0 aliphatic rings. The molecular formula is C19H16O2S. The fourth-order valence-corrected chi connectivity index (χ4v) is 3.44. The molecule has 0 fully saturated rings. The number of carbonyl (C=O) groups is 1. The van der Waals surface area contributed by atoms with Gasteiger partial charge in [0.2, 0.25) is 0 Å². The molecule has 0 heterocycles. The van der Waals surface area contributed by atoms with Gasteiger partial charge in [-0.3, -0.25) is 0 Å². The second-order valence-corrected chi connectivity index (χ2v) is 6.12. The van der Waals surface area contributed by atoms with Crippen LogP contribution in [0.3, 0.4) is 0 Å². The molecule has 0 aromatic heterocycles. The third-order valence-corrected chi connectivity index (χ3v) is 4.66. The maximum atomic E-state index is 10.8. The van der Waals surface area contributed by atoms with E-state index in [0.29, 0.717) is 5.56 Å². The third kappa shape index (κ3) is 3.31. The van der Waals surface area contributed by atoms with Crippen molar-refractivity contribution in [3.8, 4) is 0 Å². The van der Waals surface area contributed by atoms with Crippen LogP contribution < -0.4 is 0 Å². The summed E-state index contributed by atoms with van der Waals surface area (Å²) in [5.41, 5.74) is 2.82. The summed E-state index contributed by atoms with van der Waals surface area (Å²) < 4.78 is 0. The van der Waals surface area contributed by atoms with E-state index >= 15 is 0 Å². The second-order valence-electron chi connectivity index (χ2n) is 5.13.